The highest BCUT2D eigenvalue weighted by Crippen LogP contribution is 2.29. The number of rotatable bonds is 7. The average Bonchev–Trinajstić information content (AvgIpc) is 2.93. The van der Waals surface area contributed by atoms with Crippen molar-refractivity contribution >= 4 is 0 Å². The predicted octanol–water partition coefficient (Wildman–Crippen LogP) is 2.60. The molecule has 4 nitrogen and oxygen atoms in total. The molecule has 1 fully saturated rings. The van der Waals surface area contributed by atoms with Crippen LogP contribution in [0.15, 0.2) is 12.3 Å². The lowest BCUT2D eigenvalue weighted by Crippen LogP contribution is -2.60. The first-order chi connectivity index (χ1) is 10.1. The number of nitrogens with zero attached hydrogens (tertiary/aromatic N) is 3. The number of piperidine rings is 1. The summed E-state index contributed by atoms with van der Waals surface area (Å²) in [5.74, 6) is 0. The van der Waals surface area contributed by atoms with Crippen LogP contribution in [0.4, 0.5) is 0 Å². The number of hydrogen-bond acceptors (Lipinski definition) is 3. The van der Waals surface area contributed by atoms with Crippen LogP contribution in [0.5, 0.6) is 0 Å². The minimum Gasteiger partial charge on any atom is -0.315 e. The monoisotopic (exact) mass is 292 g/mol. The van der Waals surface area contributed by atoms with Crippen molar-refractivity contribution in [1.82, 2.24) is 20.0 Å². The van der Waals surface area contributed by atoms with Gasteiger partial charge in [0.2, 0.25) is 0 Å². The van der Waals surface area contributed by atoms with Gasteiger partial charge in [-0.1, -0.05) is 13.3 Å². The van der Waals surface area contributed by atoms with Gasteiger partial charge in [-0.25, -0.2) is 0 Å². The molecule has 4 heteroatoms. The summed E-state index contributed by atoms with van der Waals surface area (Å²) in [6, 6.07) is 2.66. The maximum atomic E-state index is 4.28. The number of nitrogens with one attached hydrogen (secondary N) is 1. The lowest BCUT2D eigenvalue weighted by Gasteiger charge is -2.48. The smallest absolute Gasteiger partial charge is 0.0492 e. The maximum Gasteiger partial charge on any atom is 0.0492 e. The van der Waals surface area contributed by atoms with Crippen molar-refractivity contribution in [2.24, 2.45) is 7.05 Å². The van der Waals surface area contributed by atoms with Crippen LogP contribution < -0.4 is 5.32 Å². The van der Waals surface area contributed by atoms with Crippen molar-refractivity contribution in [3.05, 3.63) is 18.0 Å². The Hall–Kier alpha value is -0.870. The molecule has 2 heterocycles. The first-order valence-electron chi connectivity index (χ1n) is 8.51. The second kappa shape index (κ2) is 7.41. The Morgan fingerprint density at radius 2 is 2.05 bits per heavy atom. The molecule has 1 N–H and O–H groups in total. The molecule has 1 aliphatic heterocycles. The first kappa shape index (κ1) is 16.5. The van der Waals surface area contributed by atoms with E-state index in [-0.39, 0.29) is 5.54 Å². The quantitative estimate of drug-likeness (QED) is 0.838. The fraction of sp³-hybridized carbons (Fsp3) is 0.824. The first-order valence-corrected chi connectivity index (χ1v) is 8.51. The molecular formula is C17H32N4. The van der Waals surface area contributed by atoms with E-state index in [0.717, 1.165) is 12.8 Å². The van der Waals surface area contributed by atoms with Crippen molar-refractivity contribution in [2.45, 2.75) is 64.0 Å². The fourth-order valence-corrected chi connectivity index (χ4v) is 3.80. The Balaban J connectivity index is 2.03. The van der Waals surface area contributed by atoms with Crippen molar-refractivity contribution < 1.29 is 0 Å². The Morgan fingerprint density at radius 1 is 1.33 bits per heavy atom. The van der Waals surface area contributed by atoms with Gasteiger partial charge in [0.25, 0.3) is 0 Å². The third-order valence-electron chi connectivity index (χ3n) is 5.51. The summed E-state index contributed by atoms with van der Waals surface area (Å²) in [6.07, 6.45) is 9.45. The molecule has 0 saturated carbocycles. The second-order valence-corrected chi connectivity index (χ2v) is 6.58. The van der Waals surface area contributed by atoms with Crippen LogP contribution in [0.3, 0.4) is 0 Å². The molecule has 0 bridgehead atoms. The Bertz CT molecular complexity index is 422. The lowest BCUT2D eigenvalue weighted by atomic mass is 9.83. The highest BCUT2D eigenvalue weighted by Gasteiger charge is 2.37. The Kier molecular flexibility index (Phi) is 5.82. The fourth-order valence-electron chi connectivity index (χ4n) is 3.80. The molecule has 21 heavy (non-hydrogen) atoms. The van der Waals surface area contributed by atoms with E-state index >= 15 is 0 Å². The van der Waals surface area contributed by atoms with Gasteiger partial charge in [0, 0.05) is 30.5 Å². The van der Waals surface area contributed by atoms with Crippen LogP contribution >= 0.6 is 0 Å². The molecular weight excluding hydrogens is 260 g/mol. The van der Waals surface area contributed by atoms with E-state index in [1.807, 2.05) is 17.9 Å². The topological polar surface area (TPSA) is 33.1 Å². The molecule has 1 aliphatic rings. The van der Waals surface area contributed by atoms with Crippen LogP contribution in [0.2, 0.25) is 0 Å². The summed E-state index contributed by atoms with van der Waals surface area (Å²) in [5.41, 5.74) is 1.58. The number of hydrogen-bond donors (Lipinski definition) is 1. The van der Waals surface area contributed by atoms with E-state index in [2.05, 4.69) is 42.3 Å². The van der Waals surface area contributed by atoms with Crippen LogP contribution in [0, 0.1) is 0 Å². The Morgan fingerprint density at radius 3 is 2.57 bits per heavy atom. The lowest BCUT2D eigenvalue weighted by molar-refractivity contribution is 0.0425. The van der Waals surface area contributed by atoms with Gasteiger partial charge in [0.15, 0.2) is 0 Å². The zero-order chi connectivity index (χ0) is 15.3. The normalized spacial score (nSPS) is 21.1. The molecule has 2 atom stereocenters. The van der Waals surface area contributed by atoms with Gasteiger partial charge >= 0.3 is 0 Å². The molecule has 0 radical (unpaired) electrons. The maximum absolute atomic E-state index is 4.28. The van der Waals surface area contributed by atoms with Crippen molar-refractivity contribution in [2.75, 3.05) is 20.1 Å². The summed E-state index contributed by atoms with van der Waals surface area (Å²) < 4.78 is 2.00. The van der Waals surface area contributed by atoms with Crippen LogP contribution in [-0.4, -0.2) is 46.4 Å². The van der Waals surface area contributed by atoms with E-state index in [1.165, 1.54) is 44.5 Å². The molecule has 0 aliphatic carbocycles. The minimum atomic E-state index is 0.258. The van der Waals surface area contributed by atoms with E-state index in [1.54, 1.807) is 0 Å². The summed E-state index contributed by atoms with van der Waals surface area (Å²) in [7, 11) is 4.15. The third-order valence-corrected chi connectivity index (χ3v) is 5.51. The van der Waals surface area contributed by atoms with E-state index < -0.39 is 0 Å². The van der Waals surface area contributed by atoms with Crippen LogP contribution in [-0.2, 0) is 13.5 Å². The van der Waals surface area contributed by atoms with Gasteiger partial charge in [-0.3, -0.25) is 9.58 Å². The molecule has 1 aromatic rings. The van der Waals surface area contributed by atoms with Crippen molar-refractivity contribution in [3.63, 3.8) is 0 Å². The molecule has 0 aromatic carbocycles. The third kappa shape index (κ3) is 3.67. The van der Waals surface area contributed by atoms with Gasteiger partial charge < -0.3 is 5.32 Å². The Labute approximate surface area is 129 Å². The van der Waals surface area contributed by atoms with E-state index in [9.17, 15) is 0 Å². The predicted molar refractivity (Wildman–Crippen MR) is 88.5 cm³/mol. The zero-order valence-corrected chi connectivity index (χ0v) is 14.2. The van der Waals surface area contributed by atoms with E-state index in [0.29, 0.717) is 6.04 Å². The molecule has 120 valence electrons. The van der Waals surface area contributed by atoms with Gasteiger partial charge in [-0.15, -0.1) is 0 Å². The molecule has 2 unspecified atom stereocenters. The summed E-state index contributed by atoms with van der Waals surface area (Å²) in [4.78, 5) is 2.72. The van der Waals surface area contributed by atoms with Gasteiger partial charge in [0.05, 0.1) is 0 Å². The molecule has 1 aromatic heterocycles. The van der Waals surface area contributed by atoms with Crippen molar-refractivity contribution in [3.8, 4) is 0 Å². The SMILES string of the molecule is CCC(C)(C(CCc1ccnn1C)NC)N1CCCCC1. The zero-order valence-electron chi connectivity index (χ0n) is 14.2. The van der Waals surface area contributed by atoms with Gasteiger partial charge in [-0.05, 0) is 65.2 Å². The van der Waals surface area contributed by atoms with Gasteiger partial charge in [-0.2, -0.15) is 5.10 Å². The number of aryl methyl sites for hydroxylation is 2. The standard InChI is InChI=1S/C17H32N4/c1-5-17(2,21-13-7-6-8-14-21)16(18-3)10-9-15-11-12-19-20(15)4/h11-12,16,18H,5-10,13-14H2,1-4H3. The summed E-state index contributed by atoms with van der Waals surface area (Å²) in [6.45, 7) is 7.30. The van der Waals surface area contributed by atoms with Crippen LogP contribution in [0.1, 0.15) is 51.6 Å². The second-order valence-electron chi connectivity index (χ2n) is 6.58. The van der Waals surface area contributed by atoms with E-state index in [4.69, 9.17) is 0 Å². The largest absolute Gasteiger partial charge is 0.315 e. The summed E-state index contributed by atoms with van der Waals surface area (Å²) in [5, 5.41) is 7.88. The average molecular weight is 292 g/mol. The molecule has 0 amide bonds. The van der Waals surface area contributed by atoms with Crippen LogP contribution in [0.25, 0.3) is 0 Å². The number of likely N-dealkylation sites (N-methyl/N-ethyl adjacent to an activating group) is 1. The molecule has 1 saturated heterocycles. The number of likely N-dealkylation sites (tertiary alicyclic amines) is 1. The highest BCUT2D eigenvalue weighted by atomic mass is 15.3. The van der Waals surface area contributed by atoms with Gasteiger partial charge in [0.1, 0.15) is 0 Å². The molecule has 0 spiro atoms. The van der Waals surface area contributed by atoms with Crippen molar-refractivity contribution in [1.29, 1.82) is 0 Å². The highest BCUT2D eigenvalue weighted by molar-refractivity contribution is 5.03. The minimum absolute atomic E-state index is 0.258. The summed E-state index contributed by atoms with van der Waals surface area (Å²) >= 11 is 0. The number of aromatic nitrogens is 2. The molecule has 2 rings (SSSR count).